The van der Waals surface area contributed by atoms with Gasteiger partial charge in [-0.25, -0.2) is 0 Å². The quantitative estimate of drug-likeness (QED) is 0.474. The first kappa shape index (κ1) is 8.23. The van der Waals surface area contributed by atoms with Crippen LogP contribution in [0.3, 0.4) is 0 Å². The second-order valence-electron chi connectivity index (χ2n) is 2.72. The van der Waals surface area contributed by atoms with Crippen molar-refractivity contribution < 1.29 is 0 Å². The Hall–Kier alpha value is -0.870. The lowest BCUT2D eigenvalue weighted by Gasteiger charge is -2.08. The van der Waals surface area contributed by atoms with E-state index in [4.69, 9.17) is 5.84 Å². The second kappa shape index (κ2) is 3.02. The van der Waals surface area contributed by atoms with Crippen molar-refractivity contribution in [2.45, 2.75) is 19.9 Å². The molecule has 1 aromatic heterocycles. The van der Waals surface area contributed by atoms with E-state index in [2.05, 4.69) is 10.5 Å². The Labute approximate surface area is 66.4 Å². The minimum absolute atomic E-state index is 0.154. The van der Waals surface area contributed by atoms with Crippen molar-refractivity contribution in [3.63, 3.8) is 0 Å². The van der Waals surface area contributed by atoms with Gasteiger partial charge in [-0.05, 0) is 19.9 Å². The van der Waals surface area contributed by atoms with Crippen LogP contribution in [0.2, 0.25) is 0 Å². The molecule has 0 fully saturated rings. The fourth-order valence-corrected chi connectivity index (χ4v) is 1.12. The molecule has 62 valence electrons. The van der Waals surface area contributed by atoms with Gasteiger partial charge in [-0.15, -0.1) is 0 Å². The summed E-state index contributed by atoms with van der Waals surface area (Å²) in [7, 11) is 1.91. The molecule has 4 nitrogen and oxygen atoms in total. The van der Waals surface area contributed by atoms with E-state index in [1.54, 1.807) is 0 Å². The summed E-state index contributed by atoms with van der Waals surface area (Å²) in [5, 5.41) is 4.20. The number of rotatable bonds is 2. The maximum absolute atomic E-state index is 5.29. The summed E-state index contributed by atoms with van der Waals surface area (Å²) in [6.45, 7) is 3.96. The highest BCUT2D eigenvalue weighted by molar-refractivity contribution is 5.11. The van der Waals surface area contributed by atoms with Gasteiger partial charge in [0, 0.05) is 7.05 Å². The summed E-state index contributed by atoms with van der Waals surface area (Å²) in [6.07, 6.45) is 0. The van der Waals surface area contributed by atoms with Crippen molar-refractivity contribution in [1.82, 2.24) is 15.2 Å². The van der Waals surface area contributed by atoms with Gasteiger partial charge in [0.15, 0.2) is 0 Å². The van der Waals surface area contributed by atoms with Crippen LogP contribution in [-0.2, 0) is 7.05 Å². The van der Waals surface area contributed by atoms with Crippen LogP contribution in [0.1, 0.15) is 24.4 Å². The molecule has 0 aliphatic carbocycles. The van der Waals surface area contributed by atoms with Crippen LogP contribution >= 0.6 is 0 Å². The number of hydrogen-bond donors (Lipinski definition) is 2. The molecular formula is C7H14N4. The van der Waals surface area contributed by atoms with Crippen LogP contribution in [0.4, 0.5) is 0 Å². The Balaban J connectivity index is 2.93. The normalized spacial score (nSPS) is 13.5. The van der Waals surface area contributed by atoms with Crippen molar-refractivity contribution in [1.29, 1.82) is 0 Å². The Morgan fingerprint density at radius 3 is 2.73 bits per heavy atom. The molecule has 0 aliphatic rings. The fraction of sp³-hybridized carbons (Fsp3) is 0.571. The Bertz CT molecular complexity index is 241. The van der Waals surface area contributed by atoms with Gasteiger partial charge in [0.2, 0.25) is 0 Å². The highest BCUT2D eigenvalue weighted by atomic mass is 15.3. The second-order valence-corrected chi connectivity index (χ2v) is 2.72. The number of aromatic nitrogens is 2. The van der Waals surface area contributed by atoms with Gasteiger partial charge in [0.1, 0.15) is 0 Å². The number of aryl methyl sites for hydroxylation is 2. The number of nitrogens with two attached hydrogens (primary N) is 1. The third kappa shape index (κ3) is 1.58. The van der Waals surface area contributed by atoms with Crippen molar-refractivity contribution in [2.75, 3.05) is 0 Å². The van der Waals surface area contributed by atoms with Crippen molar-refractivity contribution in [3.05, 3.63) is 17.5 Å². The molecule has 3 N–H and O–H groups in total. The van der Waals surface area contributed by atoms with Crippen LogP contribution < -0.4 is 11.3 Å². The Morgan fingerprint density at radius 1 is 1.73 bits per heavy atom. The van der Waals surface area contributed by atoms with Gasteiger partial charge in [-0.2, -0.15) is 5.10 Å². The first-order valence-electron chi connectivity index (χ1n) is 3.62. The molecule has 0 aromatic carbocycles. The van der Waals surface area contributed by atoms with E-state index in [0.29, 0.717) is 0 Å². The van der Waals surface area contributed by atoms with Crippen molar-refractivity contribution in [2.24, 2.45) is 12.9 Å². The van der Waals surface area contributed by atoms with E-state index in [9.17, 15) is 0 Å². The van der Waals surface area contributed by atoms with Crippen LogP contribution in [-0.4, -0.2) is 9.78 Å². The summed E-state index contributed by atoms with van der Waals surface area (Å²) < 4.78 is 1.83. The highest BCUT2D eigenvalue weighted by Crippen LogP contribution is 2.10. The molecule has 0 amide bonds. The zero-order valence-corrected chi connectivity index (χ0v) is 7.13. The SMILES string of the molecule is Cc1cc(C(C)NN)n(C)n1. The third-order valence-electron chi connectivity index (χ3n) is 1.73. The lowest BCUT2D eigenvalue weighted by atomic mass is 10.2. The van der Waals surface area contributed by atoms with E-state index in [-0.39, 0.29) is 6.04 Å². The molecular weight excluding hydrogens is 140 g/mol. The average Bonchev–Trinajstić information content (AvgIpc) is 2.28. The van der Waals surface area contributed by atoms with Gasteiger partial charge in [-0.1, -0.05) is 0 Å². The number of nitrogens with one attached hydrogen (secondary N) is 1. The first-order valence-corrected chi connectivity index (χ1v) is 3.62. The van der Waals surface area contributed by atoms with Crippen LogP contribution in [0, 0.1) is 6.92 Å². The van der Waals surface area contributed by atoms with E-state index >= 15 is 0 Å². The summed E-state index contributed by atoms with van der Waals surface area (Å²) in [6, 6.07) is 2.17. The summed E-state index contributed by atoms with van der Waals surface area (Å²) in [5.41, 5.74) is 4.79. The Morgan fingerprint density at radius 2 is 2.36 bits per heavy atom. The molecule has 0 saturated heterocycles. The fourth-order valence-electron chi connectivity index (χ4n) is 1.12. The maximum Gasteiger partial charge on any atom is 0.0600 e. The molecule has 11 heavy (non-hydrogen) atoms. The molecule has 0 bridgehead atoms. The molecule has 1 atom stereocenters. The smallest absolute Gasteiger partial charge is 0.0600 e. The van der Waals surface area contributed by atoms with Gasteiger partial charge < -0.3 is 0 Å². The third-order valence-corrected chi connectivity index (χ3v) is 1.73. The monoisotopic (exact) mass is 154 g/mol. The maximum atomic E-state index is 5.29. The van der Waals surface area contributed by atoms with Crippen LogP contribution in [0.15, 0.2) is 6.07 Å². The summed E-state index contributed by atoms with van der Waals surface area (Å²) in [4.78, 5) is 0. The predicted molar refractivity (Wildman–Crippen MR) is 43.7 cm³/mol. The van der Waals surface area contributed by atoms with E-state index in [0.717, 1.165) is 11.4 Å². The molecule has 0 radical (unpaired) electrons. The topological polar surface area (TPSA) is 55.9 Å². The van der Waals surface area contributed by atoms with Gasteiger partial charge in [0.25, 0.3) is 0 Å². The van der Waals surface area contributed by atoms with Gasteiger partial charge in [-0.3, -0.25) is 16.0 Å². The Kier molecular flexibility index (Phi) is 2.26. The summed E-state index contributed by atoms with van der Waals surface area (Å²) >= 11 is 0. The lowest BCUT2D eigenvalue weighted by molar-refractivity contribution is 0.547. The molecule has 1 unspecified atom stereocenters. The first-order chi connectivity index (χ1) is 5.15. The van der Waals surface area contributed by atoms with Gasteiger partial charge in [0.05, 0.1) is 17.4 Å². The molecule has 1 aromatic rings. The van der Waals surface area contributed by atoms with E-state index < -0.39 is 0 Å². The average molecular weight is 154 g/mol. The minimum atomic E-state index is 0.154. The molecule has 4 heteroatoms. The largest absolute Gasteiger partial charge is 0.271 e. The van der Waals surface area contributed by atoms with Gasteiger partial charge >= 0.3 is 0 Å². The molecule has 0 aliphatic heterocycles. The standard InChI is InChI=1S/C7H14N4/c1-5-4-7(6(2)9-8)11(3)10-5/h4,6,9H,8H2,1-3H3. The van der Waals surface area contributed by atoms with E-state index in [1.165, 1.54) is 0 Å². The lowest BCUT2D eigenvalue weighted by Crippen LogP contribution is -2.27. The number of nitrogens with zero attached hydrogens (tertiary/aromatic N) is 2. The van der Waals surface area contributed by atoms with Crippen molar-refractivity contribution in [3.8, 4) is 0 Å². The molecule has 1 heterocycles. The zero-order chi connectivity index (χ0) is 8.43. The molecule has 1 rings (SSSR count). The molecule has 0 saturated carbocycles. The number of hydrazine groups is 1. The van der Waals surface area contributed by atoms with Crippen LogP contribution in [0.5, 0.6) is 0 Å². The van der Waals surface area contributed by atoms with E-state index in [1.807, 2.05) is 31.6 Å². The highest BCUT2D eigenvalue weighted by Gasteiger charge is 2.07. The predicted octanol–water partition coefficient (Wildman–Crippen LogP) is 0.253. The molecule has 0 spiro atoms. The van der Waals surface area contributed by atoms with Crippen LogP contribution in [0.25, 0.3) is 0 Å². The zero-order valence-electron chi connectivity index (χ0n) is 7.13. The minimum Gasteiger partial charge on any atom is -0.271 e. The number of hydrogen-bond acceptors (Lipinski definition) is 3. The van der Waals surface area contributed by atoms with Crippen molar-refractivity contribution >= 4 is 0 Å². The summed E-state index contributed by atoms with van der Waals surface area (Å²) in [5.74, 6) is 5.29.